The van der Waals surface area contributed by atoms with E-state index < -0.39 is 0 Å². The van der Waals surface area contributed by atoms with E-state index in [0.29, 0.717) is 23.3 Å². The zero-order valence-electron chi connectivity index (χ0n) is 20.6. The molecule has 0 amide bonds. The molecule has 1 saturated heterocycles. The van der Waals surface area contributed by atoms with E-state index in [2.05, 4.69) is 52.5 Å². The first kappa shape index (κ1) is 24.1. The van der Waals surface area contributed by atoms with Crippen molar-refractivity contribution in [3.05, 3.63) is 95.5 Å². The molecule has 0 radical (unpaired) electrons. The van der Waals surface area contributed by atoms with Crippen molar-refractivity contribution in [1.29, 1.82) is 0 Å². The van der Waals surface area contributed by atoms with Crippen molar-refractivity contribution in [1.82, 2.24) is 14.9 Å². The molecule has 1 aliphatic heterocycles. The number of anilines is 3. The van der Waals surface area contributed by atoms with Crippen LogP contribution in [-0.2, 0) is 0 Å². The monoisotopic (exact) mass is 499 g/mol. The fourth-order valence-electron chi connectivity index (χ4n) is 4.49. The van der Waals surface area contributed by atoms with Crippen LogP contribution in [0.3, 0.4) is 0 Å². The second kappa shape index (κ2) is 11.0. The SMILES string of the molecule is CCOc1ccccc1Nc1cc(N2CCN(C)C(c3ccccc3)C2)nc(-c2ccc(Cl)cc2)n1. The number of halogens is 1. The number of nitrogens with zero attached hydrogens (tertiary/aromatic N) is 4. The zero-order valence-corrected chi connectivity index (χ0v) is 21.3. The number of benzene rings is 3. The van der Waals surface area contributed by atoms with Gasteiger partial charge in [-0.3, -0.25) is 4.90 Å². The van der Waals surface area contributed by atoms with Crippen LogP contribution >= 0.6 is 11.6 Å². The highest BCUT2D eigenvalue weighted by atomic mass is 35.5. The fourth-order valence-corrected chi connectivity index (χ4v) is 4.62. The Labute approximate surface area is 217 Å². The van der Waals surface area contributed by atoms with Gasteiger partial charge in [-0.05, 0) is 55.9 Å². The molecular formula is C29H30ClN5O. The van der Waals surface area contributed by atoms with Gasteiger partial charge in [0.15, 0.2) is 5.82 Å². The highest BCUT2D eigenvalue weighted by Crippen LogP contribution is 2.32. The molecule has 0 spiro atoms. The second-order valence-corrected chi connectivity index (χ2v) is 9.29. The smallest absolute Gasteiger partial charge is 0.163 e. The van der Waals surface area contributed by atoms with E-state index in [9.17, 15) is 0 Å². The van der Waals surface area contributed by atoms with Crippen molar-refractivity contribution in [3.8, 4) is 17.1 Å². The molecule has 7 heteroatoms. The molecule has 1 aromatic heterocycles. The Kier molecular flexibility index (Phi) is 7.35. The molecule has 1 unspecified atom stereocenters. The number of ether oxygens (including phenoxy) is 1. The minimum Gasteiger partial charge on any atom is -0.492 e. The Hall–Kier alpha value is -3.61. The predicted molar refractivity (Wildman–Crippen MR) is 147 cm³/mol. The third-order valence-corrected chi connectivity index (χ3v) is 6.67. The minimum atomic E-state index is 0.281. The van der Waals surface area contributed by atoms with Crippen LogP contribution in [0.1, 0.15) is 18.5 Å². The van der Waals surface area contributed by atoms with Gasteiger partial charge in [0, 0.05) is 36.3 Å². The summed E-state index contributed by atoms with van der Waals surface area (Å²) < 4.78 is 5.82. The van der Waals surface area contributed by atoms with E-state index in [-0.39, 0.29) is 6.04 Å². The molecule has 1 aliphatic rings. The van der Waals surface area contributed by atoms with Gasteiger partial charge in [-0.1, -0.05) is 54.1 Å². The Bertz CT molecular complexity index is 1300. The highest BCUT2D eigenvalue weighted by Gasteiger charge is 2.27. The Morgan fingerprint density at radius 2 is 1.69 bits per heavy atom. The summed E-state index contributed by atoms with van der Waals surface area (Å²) in [5.41, 5.74) is 3.09. The summed E-state index contributed by atoms with van der Waals surface area (Å²) in [7, 11) is 2.19. The van der Waals surface area contributed by atoms with Gasteiger partial charge >= 0.3 is 0 Å². The molecular weight excluding hydrogens is 470 g/mol. The van der Waals surface area contributed by atoms with Gasteiger partial charge in [0.05, 0.1) is 18.3 Å². The van der Waals surface area contributed by atoms with Crippen molar-refractivity contribution in [2.75, 3.05) is 43.5 Å². The van der Waals surface area contributed by atoms with Crippen LogP contribution in [-0.4, -0.2) is 48.2 Å². The van der Waals surface area contributed by atoms with Crippen LogP contribution in [0.5, 0.6) is 5.75 Å². The summed E-state index contributed by atoms with van der Waals surface area (Å²) in [6.07, 6.45) is 0. The average molecular weight is 500 g/mol. The van der Waals surface area contributed by atoms with Crippen LogP contribution in [0.4, 0.5) is 17.3 Å². The molecule has 4 aromatic rings. The summed E-state index contributed by atoms with van der Waals surface area (Å²) in [6, 6.07) is 28.5. The maximum atomic E-state index is 6.15. The first-order chi connectivity index (χ1) is 17.6. The molecule has 1 atom stereocenters. The summed E-state index contributed by atoms with van der Waals surface area (Å²) in [5, 5.41) is 4.15. The zero-order chi connectivity index (χ0) is 24.9. The molecule has 1 fully saturated rings. The number of hydrogen-bond acceptors (Lipinski definition) is 6. The Morgan fingerprint density at radius 1 is 0.944 bits per heavy atom. The van der Waals surface area contributed by atoms with E-state index in [0.717, 1.165) is 42.5 Å². The van der Waals surface area contributed by atoms with Gasteiger partial charge in [-0.2, -0.15) is 0 Å². The third-order valence-electron chi connectivity index (χ3n) is 6.42. The molecule has 2 heterocycles. The number of piperazine rings is 1. The number of nitrogens with one attached hydrogen (secondary N) is 1. The predicted octanol–water partition coefficient (Wildman–Crippen LogP) is 6.43. The summed E-state index contributed by atoms with van der Waals surface area (Å²) in [4.78, 5) is 14.6. The number of para-hydroxylation sites is 2. The summed E-state index contributed by atoms with van der Waals surface area (Å²) in [6.45, 7) is 5.23. The lowest BCUT2D eigenvalue weighted by atomic mass is 10.0. The van der Waals surface area contributed by atoms with Crippen molar-refractivity contribution < 1.29 is 4.74 Å². The van der Waals surface area contributed by atoms with Crippen LogP contribution < -0.4 is 15.0 Å². The quantitative estimate of drug-likeness (QED) is 0.316. The lowest BCUT2D eigenvalue weighted by molar-refractivity contribution is 0.220. The van der Waals surface area contributed by atoms with E-state index >= 15 is 0 Å². The van der Waals surface area contributed by atoms with Crippen molar-refractivity contribution in [2.24, 2.45) is 0 Å². The number of likely N-dealkylation sites (N-methyl/N-ethyl adjacent to an activating group) is 1. The molecule has 1 N–H and O–H groups in total. The lowest BCUT2D eigenvalue weighted by Gasteiger charge is -2.40. The molecule has 0 aliphatic carbocycles. The Morgan fingerprint density at radius 3 is 2.47 bits per heavy atom. The molecule has 5 rings (SSSR count). The van der Waals surface area contributed by atoms with Crippen molar-refractivity contribution >= 4 is 28.9 Å². The Balaban J connectivity index is 1.52. The van der Waals surface area contributed by atoms with Crippen molar-refractivity contribution in [2.45, 2.75) is 13.0 Å². The van der Waals surface area contributed by atoms with Crippen LogP contribution in [0.25, 0.3) is 11.4 Å². The van der Waals surface area contributed by atoms with Gasteiger partial charge in [0.2, 0.25) is 0 Å². The largest absolute Gasteiger partial charge is 0.492 e. The van der Waals surface area contributed by atoms with E-state index in [1.165, 1.54) is 5.56 Å². The van der Waals surface area contributed by atoms with E-state index in [4.69, 9.17) is 26.3 Å². The maximum Gasteiger partial charge on any atom is 0.163 e. The van der Waals surface area contributed by atoms with Crippen LogP contribution in [0.2, 0.25) is 5.02 Å². The molecule has 6 nitrogen and oxygen atoms in total. The van der Waals surface area contributed by atoms with Crippen molar-refractivity contribution in [3.63, 3.8) is 0 Å². The minimum absolute atomic E-state index is 0.281. The number of rotatable bonds is 7. The normalized spacial score (nSPS) is 16.1. The average Bonchev–Trinajstić information content (AvgIpc) is 2.91. The molecule has 36 heavy (non-hydrogen) atoms. The lowest BCUT2D eigenvalue weighted by Crippen LogP contribution is -2.47. The van der Waals surface area contributed by atoms with Gasteiger partial charge in [-0.15, -0.1) is 0 Å². The van der Waals surface area contributed by atoms with Gasteiger partial charge < -0.3 is 15.0 Å². The highest BCUT2D eigenvalue weighted by molar-refractivity contribution is 6.30. The number of aromatic nitrogens is 2. The van der Waals surface area contributed by atoms with E-state index in [1.54, 1.807) is 0 Å². The third kappa shape index (κ3) is 5.45. The first-order valence-corrected chi connectivity index (χ1v) is 12.6. The summed E-state index contributed by atoms with van der Waals surface area (Å²) >= 11 is 6.15. The summed E-state index contributed by atoms with van der Waals surface area (Å²) in [5.74, 6) is 3.04. The van der Waals surface area contributed by atoms with Crippen LogP contribution in [0, 0.1) is 0 Å². The molecule has 0 bridgehead atoms. The van der Waals surface area contributed by atoms with Gasteiger partial charge in [0.1, 0.15) is 17.4 Å². The maximum absolute atomic E-state index is 6.15. The van der Waals surface area contributed by atoms with Crippen LogP contribution in [0.15, 0.2) is 84.9 Å². The topological polar surface area (TPSA) is 53.5 Å². The van der Waals surface area contributed by atoms with Gasteiger partial charge in [0.25, 0.3) is 0 Å². The molecule has 0 saturated carbocycles. The fraction of sp³-hybridized carbons (Fsp3) is 0.241. The van der Waals surface area contributed by atoms with E-state index in [1.807, 2.05) is 61.5 Å². The first-order valence-electron chi connectivity index (χ1n) is 12.2. The van der Waals surface area contributed by atoms with Gasteiger partial charge in [-0.25, -0.2) is 9.97 Å². The molecule has 184 valence electrons. The second-order valence-electron chi connectivity index (χ2n) is 8.85. The standard InChI is InChI=1S/C29H30ClN5O/c1-3-36-26-12-8-7-11-24(26)31-27-19-28(33-29(32-27)22-13-15-23(30)16-14-22)35-18-17-34(2)25(20-35)21-9-5-4-6-10-21/h4-16,19,25H,3,17-18,20H2,1-2H3,(H,31,32,33). The molecule has 3 aromatic carbocycles. The number of hydrogen-bond donors (Lipinski definition) is 1.